The van der Waals surface area contributed by atoms with Gasteiger partial charge in [-0.2, -0.15) is 5.12 Å². The van der Waals surface area contributed by atoms with Crippen molar-refractivity contribution >= 4 is 22.9 Å². The maximum Gasteiger partial charge on any atom is 0.244 e. The maximum absolute atomic E-state index is 15.1. The molecule has 3 rings (SSSR count). The van der Waals surface area contributed by atoms with Crippen LogP contribution in [0.3, 0.4) is 0 Å². The molecule has 0 aliphatic heterocycles. The molecule has 2 aromatic carbocycles. The molecule has 2 N–H and O–H groups in total. The van der Waals surface area contributed by atoms with Gasteiger partial charge in [-0.05, 0) is 57.2 Å². The minimum absolute atomic E-state index is 0.121. The second-order valence-electron chi connectivity index (χ2n) is 8.85. The van der Waals surface area contributed by atoms with Crippen LogP contribution in [0, 0.1) is 0 Å². The molecule has 170 valence electrons. The van der Waals surface area contributed by atoms with E-state index >= 15 is 4.48 Å². The number of hydrogen-bond donors (Lipinski definition) is 2. The van der Waals surface area contributed by atoms with Crippen molar-refractivity contribution in [1.82, 2.24) is 9.97 Å². The first kappa shape index (κ1) is 23.4. The van der Waals surface area contributed by atoms with Crippen LogP contribution in [0.5, 0.6) is 0 Å². The quantitative estimate of drug-likeness (QED) is 0.391. The first-order chi connectivity index (χ1) is 14.9. The number of nitrogens with zero attached hydrogens (tertiary/aromatic N) is 4. The van der Waals surface area contributed by atoms with Gasteiger partial charge in [-0.1, -0.05) is 16.6 Å². The lowest BCUT2D eigenvalue weighted by Gasteiger charge is -2.33. The van der Waals surface area contributed by atoms with Gasteiger partial charge in [0.25, 0.3) is 0 Å². The van der Waals surface area contributed by atoms with E-state index in [1.54, 1.807) is 30.3 Å². The molecular weight excluding hydrogens is 409 g/mol. The van der Waals surface area contributed by atoms with Gasteiger partial charge in [0.05, 0.1) is 17.0 Å². The van der Waals surface area contributed by atoms with Crippen LogP contribution < -0.4 is 15.3 Å². The molecule has 1 heterocycles. The number of aromatic nitrogens is 2. The van der Waals surface area contributed by atoms with Crippen LogP contribution in [0.1, 0.15) is 27.7 Å². The second-order valence-corrected chi connectivity index (χ2v) is 8.85. The van der Waals surface area contributed by atoms with Crippen LogP contribution in [0.2, 0.25) is 0 Å². The predicted octanol–water partition coefficient (Wildman–Crippen LogP) is 5.13. The summed E-state index contributed by atoms with van der Waals surface area (Å²) < 4.78 is 20.7. The van der Waals surface area contributed by atoms with Gasteiger partial charge in [-0.25, -0.2) is 9.97 Å². The minimum Gasteiger partial charge on any atom is -0.378 e. The Morgan fingerprint density at radius 1 is 0.906 bits per heavy atom. The van der Waals surface area contributed by atoms with Crippen LogP contribution in [-0.2, 0) is 4.74 Å². The zero-order valence-electron chi connectivity index (χ0n) is 19.3. The van der Waals surface area contributed by atoms with Crippen molar-refractivity contribution in [2.24, 2.45) is 0 Å². The zero-order chi connectivity index (χ0) is 23.5. The Hall–Kier alpha value is -3.23. The minimum atomic E-state index is -1.57. The Balaban J connectivity index is 1.75. The summed E-state index contributed by atoms with van der Waals surface area (Å²) in [5.74, 6) is -1.45. The van der Waals surface area contributed by atoms with Gasteiger partial charge in [0.15, 0.2) is 5.82 Å². The summed E-state index contributed by atoms with van der Waals surface area (Å²) >= 11 is 0. The highest BCUT2D eigenvalue weighted by Crippen LogP contribution is 2.29. The number of ether oxygens (including phenoxy) is 1. The summed E-state index contributed by atoms with van der Waals surface area (Å²) in [5, 5.41) is 13.8. The summed E-state index contributed by atoms with van der Waals surface area (Å²) in [6.45, 7) is 7.06. The molecule has 8 heteroatoms. The molecule has 0 spiro atoms. The van der Waals surface area contributed by atoms with Crippen molar-refractivity contribution in [2.45, 2.75) is 39.2 Å². The number of halogens is 1. The Bertz CT molecular complexity index is 1030. The smallest absolute Gasteiger partial charge is 0.244 e. The fourth-order valence-corrected chi connectivity index (χ4v) is 3.24. The fraction of sp³-hybridized carbons (Fsp3) is 0.333. The fourth-order valence-electron chi connectivity index (χ4n) is 3.24. The molecule has 0 bridgehead atoms. The molecule has 0 aliphatic carbocycles. The number of benzene rings is 2. The molecule has 1 unspecified atom stereocenters. The topological polar surface area (TPSA) is 73.8 Å². The monoisotopic (exact) mass is 439 g/mol. The van der Waals surface area contributed by atoms with Gasteiger partial charge in [-0.15, -0.1) is 0 Å². The number of aliphatic hydroxyl groups is 1. The molecular formula is C24H30FN5O2. The Morgan fingerprint density at radius 2 is 1.50 bits per heavy atom. The highest BCUT2D eigenvalue weighted by molar-refractivity contribution is 5.68. The van der Waals surface area contributed by atoms with E-state index in [4.69, 9.17) is 4.74 Å². The van der Waals surface area contributed by atoms with Crippen LogP contribution in [-0.4, -0.2) is 40.7 Å². The lowest BCUT2D eigenvalue weighted by molar-refractivity contribution is -0.223. The van der Waals surface area contributed by atoms with E-state index in [1.165, 1.54) is 13.3 Å². The van der Waals surface area contributed by atoms with Crippen molar-refractivity contribution in [1.29, 1.82) is 0 Å². The molecule has 0 fully saturated rings. The van der Waals surface area contributed by atoms with E-state index < -0.39 is 11.5 Å². The normalized spacial score (nSPS) is 13.4. The Morgan fingerprint density at radius 3 is 2.06 bits per heavy atom. The third-order valence-corrected chi connectivity index (χ3v) is 4.51. The van der Waals surface area contributed by atoms with Gasteiger partial charge in [0, 0.05) is 44.0 Å². The molecule has 1 aromatic heterocycles. The summed E-state index contributed by atoms with van der Waals surface area (Å²) in [7, 11) is 3.94. The Labute approximate surface area is 188 Å². The molecule has 7 nitrogen and oxygen atoms in total. The molecule has 0 saturated carbocycles. The molecule has 32 heavy (non-hydrogen) atoms. The molecule has 0 radical (unpaired) electrons. The van der Waals surface area contributed by atoms with Gasteiger partial charge in [0.2, 0.25) is 5.91 Å². The number of anilines is 4. The SMILES string of the molecule is CN(C)c1ccc(-c2cc(N(F)c3ccc(NC(C)(O)OC(C)(C)C)cc3)ncn2)cc1. The summed E-state index contributed by atoms with van der Waals surface area (Å²) in [6.07, 6.45) is 1.34. The van der Waals surface area contributed by atoms with E-state index in [0.717, 1.165) is 11.3 Å². The maximum atomic E-state index is 15.1. The summed E-state index contributed by atoms with van der Waals surface area (Å²) in [6, 6.07) is 15.9. The molecule has 0 aliphatic rings. The highest BCUT2D eigenvalue weighted by atomic mass is 19.2. The van der Waals surface area contributed by atoms with Crippen molar-refractivity contribution in [2.75, 3.05) is 29.4 Å². The third kappa shape index (κ3) is 6.15. The van der Waals surface area contributed by atoms with E-state index in [0.29, 0.717) is 22.2 Å². The third-order valence-electron chi connectivity index (χ3n) is 4.51. The highest BCUT2D eigenvalue weighted by Gasteiger charge is 2.27. The van der Waals surface area contributed by atoms with Crippen molar-refractivity contribution in [3.05, 3.63) is 60.9 Å². The van der Waals surface area contributed by atoms with Crippen LogP contribution >= 0.6 is 0 Å². The van der Waals surface area contributed by atoms with E-state index in [1.807, 2.05) is 64.0 Å². The average molecular weight is 440 g/mol. The second kappa shape index (κ2) is 9.10. The average Bonchev–Trinajstić information content (AvgIpc) is 2.72. The van der Waals surface area contributed by atoms with E-state index in [-0.39, 0.29) is 5.82 Å². The summed E-state index contributed by atoms with van der Waals surface area (Å²) in [5.41, 5.74) is 2.89. The Kier molecular flexibility index (Phi) is 6.66. The number of nitrogens with one attached hydrogen (secondary N) is 1. The zero-order valence-corrected chi connectivity index (χ0v) is 19.3. The number of rotatable bonds is 7. The molecule has 0 amide bonds. The van der Waals surface area contributed by atoms with E-state index in [2.05, 4.69) is 15.3 Å². The van der Waals surface area contributed by atoms with Gasteiger partial charge in [-0.3, -0.25) is 0 Å². The van der Waals surface area contributed by atoms with E-state index in [9.17, 15) is 5.11 Å². The molecule has 1 atom stereocenters. The standard InChI is InChI=1S/C24H30FN5O2/c1-23(2,3)32-24(4,31)28-18-9-13-20(14-10-18)30(25)22-15-21(26-16-27-22)17-7-11-19(12-8-17)29(5)6/h7-16,28,31H,1-6H3. The first-order valence-electron chi connectivity index (χ1n) is 10.3. The van der Waals surface area contributed by atoms with Crippen LogP contribution in [0.15, 0.2) is 60.9 Å². The molecule has 0 saturated heterocycles. The van der Waals surface area contributed by atoms with Crippen LogP contribution in [0.4, 0.5) is 27.4 Å². The lowest BCUT2D eigenvalue weighted by Crippen LogP contribution is -2.43. The summed E-state index contributed by atoms with van der Waals surface area (Å²) in [4.78, 5) is 10.3. The largest absolute Gasteiger partial charge is 0.378 e. The number of hydrogen-bond acceptors (Lipinski definition) is 7. The van der Waals surface area contributed by atoms with Crippen molar-refractivity contribution < 1.29 is 14.3 Å². The van der Waals surface area contributed by atoms with Crippen molar-refractivity contribution in [3.63, 3.8) is 0 Å². The first-order valence-corrected chi connectivity index (χ1v) is 10.3. The molecule has 3 aromatic rings. The van der Waals surface area contributed by atoms with Gasteiger partial charge < -0.3 is 20.1 Å². The lowest BCUT2D eigenvalue weighted by atomic mass is 10.1. The van der Waals surface area contributed by atoms with Gasteiger partial charge >= 0.3 is 0 Å². The van der Waals surface area contributed by atoms with Gasteiger partial charge in [0.1, 0.15) is 6.33 Å². The van der Waals surface area contributed by atoms with Crippen LogP contribution in [0.25, 0.3) is 11.3 Å². The predicted molar refractivity (Wildman–Crippen MR) is 127 cm³/mol. The van der Waals surface area contributed by atoms with Crippen molar-refractivity contribution in [3.8, 4) is 11.3 Å².